The van der Waals surface area contributed by atoms with E-state index >= 15 is 0 Å². The topological polar surface area (TPSA) is 23.5 Å². The molecule has 1 saturated heterocycles. The van der Waals surface area contributed by atoms with E-state index in [1.54, 1.807) is 6.20 Å². The van der Waals surface area contributed by atoms with E-state index in [2.05, 4.69) is 17.4 Å². The van der Waals surface area contributed by atoms with Crippen LogP contribution in [0.4, 0.5) is 0 Å². The zero-order chi connectivity index (χ0) is 10.1. The first-order chi connectivity index (χ1) is 5.95. The normalized spacial score (nSPS) is 32.3. The van der Waals surface area contributed by atoms with Crippen LogP contribution in [0.3, 0.4) is 0 Å². The van der Waals surface area contributed by atoms with Crippen molar-refractivity contribution in [3.8, 4) is 12.3 Å². The number of aliphatic hydroxyl groups is 1. The van der Waals surface area contributed by atoms with E-state index in [9.17, 15) is 5.11 Å². The lowest BCUT2D eigenvalue weighted by molar-refractivity contribution is -0.0653. The molecule has 0 aromatic rings. The second-order valence-electron chi connectivity index (χ2n) is 4.29. The fraction of sp³-hybridized carbons (Fsp3) is 0.636. The van der Waals surface area contributed by atoms with Crippen LogP contribution in [0, 0.1) is 17.8 Å². The molecule has 0 aliphatic carbocycles. The number of rotatable bonds is 1. The molecule has 0 saturated carbocycles. The van der Waals surface area contributed by atoms with Crippen LogP contribution in [0.1, 0.15) is 20.3 Å². The van der Waals surface area contributed by atoms with Gasteiger partial charge in [-0.15, -0.1) is 6.42 Å². The van der Waals surface area contributed by atoms with E-state index in [4.69, 9.17) is 6.42 Å². The Labute approximate surface area is 80.2 Å². The molecule has 2 heteroatoms. The molecule has 1 aliphatic rings. The SMILES string of the molecule is C#CC1(O)CCN(C=C)CC1(C)C. The minimum Gasteiger partial charge on any atom is -0.377 e. The van der Waals surface area contributed by atoms with E-state index in [1.807, 2.05) is 13.8 Å². The van der Waals surface area contributed by atoms with Crippen LogP contribution >= 0.6 is 0 Å². The fourth-order valence-corrected chi connectivity index (χ4v) is 1.78. The monoisotopic (exact) mass is 179 g/mol. The van der Waals surface area contributed by atoms with Crippen molar-refractivity contribution in [2.45, 2.75) is 25.9 Å². The van der Waals surface area contributed by atoms with Gasteiger partial charge in [-0.2, -0.15) is 0 Å². The maximum Gasteiger partial charge on any atom is 0.133 e. The van der Waals surface area contributed by atoms with E-state index in [-0.39, 0.29) is 5.41 Å². The van der Waals surface area contributed by atoms with Crippen molar-refractivity contribution in [1.29, 1.82) is 0 Å². The third kappa shape index (κ3) is 1.57. The van der Waals surface area contributed by atoms with Crippen molar-refractivity contribution >= 4 is 0 Å². The van der Waals surface area contributed by atoms with Crippen molar-refractivity contribution in [2.24, 2.45) is 5.41 Å². The summed E-state index contributed by atoms with van der Waals surface area (Å²) in [6, 6.07) is 0. The second kappa shape index (κ2) is 3.08. The summed E-state index contributed by atoms with van der Waals surface area (Å²) in [6.07, 6.45) is 7.77. The Morgan fingerprint density at radius 1 is 1.62 bits per heavy atom. The molecule has 1 atom stereocenters. The molecule has 1 aliphatic heterocycles. The number of piperidine rings is 1. The highest BCUT2D eigenvalue weighted by Crippen LogP contribution is 2.37. The van der Waals surface area contributed by atoms with E-state index < -0.39 is 5.60 Å². The van der Waals surface area contributed by atoms with Crippen LogP contribution < -0.4 is 0 Å². The molecule has 72 valence electrons. The lowest BCUT2D eigenvalue weighted by Gasteiger charge is -2.47. The fourth-order valence-electron chi connectivity index (χ4n) is 1.78. The molecule has 1 heterocycles. The van der Waals surface area contributed by atoms with Crippen LogP contribution in [-0.2, 0) is 0 Å². The van der Waals surface area contributed by atoms with Gasteiger partial charge in [0.1, 0.15) is 5.60 Å². The maximum absolute atomic E-state index is 10.1. The summed E-state index contributed by atoms with van der Waals surface area (Å²) in [5.74, 6) is 2.51. The Morgan fingerprint density at radius 3 is 2.62 bits per heavy atom. The minimum absolute atomic E-state index is 0.270. The number of hydrogen-bond acceptors (Lipinski definition) is 2. The summed E-state index contributed by atoms with van der Waals surface area (Å²) in [4.78, 5) is 2.09. The molecule has 1 N–H and O–H groups in total. The zero-order valence-electron chi connectivity index (χ0n) is 8.38. The van der Waals surface area contributed by atoms with E-state index in [0.29, 0.717) is 6.42 Å². The van der Waals surface area contributed by atoms with Crippen LogP contribution in [0.15, 0.2) is 12.8 Å². The molecule has 1 fully saturated rings. The number of terminal acetylenes is 1. The van der Waals surface area contributed by atoms with Crippen molar-refractivity contribution in [3.05, 3.63) is 12.8 Å². The number of nitrogens with zero attached hydrogens (tertiary/aromatic N) is 1. The van der Waals surface area contributed by atoms with Crippen LogP contribution in [0.5, 0.6) is 0 Å². The summed E-state index contributed by atoms with van der Waals surface area (Å²) < 4.78 is 0. The molecular formula is C11H17NO. The summed E-state index contributed by atoms with van der Waals surface area (Å²) in [5, 5.41) is 10.1. The van der Waals surface area contributed by atoms with Crippen molar-refractivity contribution < 1.29 is 5.11 Å². The number of hydrogen-bond donors (Lipinski definition) is 1. The summed E-state index contributed by atoms with van der Waals surface area (Å²) in [7, 11) is 0. The van der Waals surface area contributed by atoms with E-state index in [0.717, 1.165) is 13.1 Å². The molecule has 0 radical (unpaired) electrons. The second-order valence-corrected chi connectivity index (χ2v) is 4.29. The van der Waals surface area contributed by atoms with Crippen molar-refractivity contribution in [2.75, 3.05) is 13.1 Å². The van der Waals surface area contributed by atoms with Gasteiger partial charge in [0.05, 0.1) is 0 Å². The van der Waals surface area contributed by atoms with Gasteiger partial charge in [-0.05, 0) is 6.20 Å². The third-order valence-corrected chi connectivity index (χ3v) is 2.98. The quantitative estimate of drug-likeness (QED) is 0.612. The summed E-state index contributed by atoms with van der Waals surface area (Å²) in [6.45, 7) is 9.24. The Hall–Kier alpha value is -0.940. The smallest absolute Gasteiger partial charge is 0.133 e. The molecule has 0 spiro atoms. The highest BCUT2D eigenvalue weighted by atomic mass is 16.3. The molecule has 0 amide bonds. The molecule has 0 aromatic heterocycles. The first kappa shape index (κ1) is 10.1. The largest absolute Gasteiger partial charge is 0.377 e. The highest BCUT2D eigenvalue weighted by molar-refractivity contribution is 5.17. The average Bonchev–Trinajstić information content (AvgIpc) is 2.09. The molecule has 0 bridgehead atoms. The minimum atomic E-state index is -0.966. The predicted octanol–water partition coefficient (Wildman–Crippen LogP) is 1.23. The van der Waals surface area contributed by atoms with Gasteiger partial charge in [-0.3, -0.25) is 0 Å². The van der Waals surface area contributed by atoms with Gasteiger partial charge in [0, 0.05) is 24.9 Å². The summed E-state index contributed by atoms with van der Waals surface area (Å²) >= 11 is 0. The zero-order valence-corrected chi connectivity index (χ0v) is 8.38. The Morgan fingerprint density at radius 2 is 2.23 bits per heavy atom. The molecule has 2 nitrogen and oxygen atoms in total. The van der Waals surface area contributed by atoms with Gasteiger partial charge in [0.25, 0.3) is 0 Å². The first-order valence-electron chi connectivity index (χ1n) is 4.52. The third-order valence-electron chi connectivity index (χ3n) is 2.98. The molecule has 13 heavy (non-hydrogen) atoms. The lowest BCUT2D eigenvalue weighted by atomic mass is 9.70. The van der Waals surface area contributed by atoms with E-state index in [1.165, 1.54) is 0 Å². The van der Waals surface area contributed by atoms with Gasteiger partial charge in [-0.1, -0.05) is 26.3 Å². The van der Waals surface area contributed by atoms with Gasteiger partial charge >= 0.3 is 0 Å². The van der Waals surface area contributed by atoms with Crippen molar-refractivity contribution in [1.82, 2.24) is 4.90 Å². The van der Waals surface area contributed by atoms with Gasteiger partial charge in [0.15, 0.2) is 0 Å². The molecule has 1 unspecified atom stereocenters. The molecule has 0 aromatic carbocycles. The maximum atomic E-state index is 10.1. The van der Waals surface area contributed by atoms with Gasteiger partial charge in [-0.25, -0.2) is 0 Å². The molecular weight excluding hydrogens is 162 g/mol. The Bertz CT molecular complexity index is 251. The number of likely N-dealkylation sites (tertiary alicyclic amines) is 1. The Balaban J connectivity index is 2.86. The standard InChI is InChI=1S/C11H17NO/c1-5-11(13)7-8-12(6-2)9-10(11,3)4/h1,6,13H,2,7-9H2,3-4H3. The average molecular weight is 179 g/mol. The van der Waals surface area contributed by atoms with Crippen molar-refractivity contribution in [3.63, 3.8) is 0 Å². The first-order valence-corrected chi connectivity index (χ1v) is 4.52. The van der Waals surface area contributed by atoms with Crippen LogP contribution in [0.25, 0.3) is 0 Å². The summed E-state index contributed by atoms with van der Waals surface area (Å²) in [5.41, 5.74) is -1.24. The van der Waals surface area contributed by atoms with Crippen LogP contribution in [-0.4, -0.2) is 28.7 Å². The lowest BCUT2D eigenvalue weighted by Crippen LogP contribution is -2.55. The predicted molar refractivity (Wildman–Crippen MR) is 54.0 cm³/mol. The van der Waals surface area contributed by atoms with Crippen LogP contribution in [0.2, 0.25) is 0 Å². The molecule has 1 rings (SSSR count). The Kier molecular flexibility index (Phi) is 2.40. The highest BCUT2D eigenvalue weighted by Gasteiger charge is 2.45. The van der Waals surface area contributed by atoms with Gasteiger partial charge in [0.2, 0.25) is 0 Å². The van der Waals surface area contributed by atoms with Gasteiger partial charge < -0.3 is 10.0 Å².